The Balaban J connectivity index is 2.51. The number of amides is 1. The molecular formula is C12H10ClN3O. The molecule has 0 spiro atoms. The molecule has 17 heavy (non-hydrogen) atoms. The molecule has 2 aromatic rings. The van der Waals surface area contributed by atoms with Gasteiger partial charge in [0, 0.05) is 16.3 Å². The first-order chi connectivity index (χ1) is 8.06. The highest BCUT2D eigenvalue weighted by Crippen LogP contribution is 2.18. The van der Waals surface area contributed by atoms with Crippen LogP contribution in [0, 0.1) is 6.92 Å². The number of aromatic nitrogens is 2. The van der Waals surface area contributed by atoms with Crippen molar-refractivity contribution in [1.29, 1.82) is 0 Å². The predicted molar refractivity (Wildman–Crippen MR) is 65.7 cm³/mol. The lowest BCUT2D eigenvalue weighted by Gasteiger charge is -2.03. The molecule has 0 bridgehead atoms. The van der Waals surface area contributed by atoms with Crippen LogP contribution in [0.2, 0.25) is 5.02 Å². The molecule has 0 saturated carbocycles. The first-order valence-corrected chi connectivity index (χ1v) is 5.35. The standard InChI is InChI=1S/C12H10ClN3O/c1-7-6-10(11(14)17)16-12(15-7)8-2-4-9(13)5-3-8/h2-6H,1H3,(H2,14,17). The van der Waals surface area contributed by atoms with Gasteiger partial charge in [-0.05, 0) is 37.3 Å². The molecule has 86 valence electrons. The van der Waals surface area contributed by atoms with Crippen molar-refractivity contribution in [3.8, 4) is 11.4 Å². The number of primary amides is 1. The highest BCUT2D eigenvalue weighted by Gasteiger charge is 2.08. The topological polar surface area (TPSA) is 68.9 Å². The van der Waals surface area contributed by atoms with Gasteiger partial charge in [0.2, 0.25) is 0 Å². The molecule has 1 heterocycles. The zero-order valence-corrected chi connectivity index (χ0v) is 9.90. The van der Waals surface area contributed by atoms with Crippen LogP contribution < -0.4 is 5.73 Å². The van der Waals surface area contributed by atoms with Gasteiger partial charge in [0.1, 0.15) is 5.69 Å². The number of carbonyl (C=O) groups is 1. The van der Waals surface area contributed by atoms with E-state index in [9.17, 15) is 4.79 Å². The second-order valence-corrected chi connectivity index (χ2v) is 4.03. The van der Waals surface area contributed by atoms with E-state index in [4.69, 9.17) is 17.3 Å². The van der Waals surface area contributed by atoms with Crippen LogP contribution in [0.5, 0.6) is 0 Å². The van der Waals surface area contributed by atoms with Crippen molar-refractivity contribution < 1.29 is 4.79 Å². The summed E-state index contributed by atoms with van der Waals surface area (Å²) in [6, 6.07) is 8.63. The molecule has 0 aliphatic rings. The third-order valence-electron chi connectivity index (χ3n) is 2.21. The van der Waals surface area contributed by atoms with Gasteiger partial charge in [0.05, 0.1) is 0 Å². The Morgan fingerprint density at radius 2 is 1.88 bits per heavy atom. The van der Waals surface area contributed by atoms with Gasteiger partial charge in [0.25, 0.3) is 5.91 Å². The van der Waals surface area contributed by atoms with Gasteiger partial charge in [-0.3, -0.25) is 4.79 Å². The van der Waals surface area contributed by atoms with E-state index in [1.54, 1.807) is 37.3 Å². The molecule has 2 N–H and O–H groups in total. The van der Waals surface area contributed by atoms with Crippen molar-refractivity contribution in [2.75, 3.05) is 0 Å². The zero-order valence-electron chi connectivity index (χ0n) is 9.14. The largest absolute Gasteiger partial charge is 0.364 e. The number of hydrogen-bond donors (Lipinski definition) is 1. The predicted octanol–water partition coefficient (Wildman–Crippen LogP) is 2.20. The lowest BCUT2D eigenvalue weighted by atomic mass is 10.2. The number of aryl methyl sites for hydroxylation is 1. The number of hydrogen-bond acceptors (Lipinski definition) is 3. The Morgan fingerprint density at radius 1 is 1.24 bits per heavy atom. The van der Waals surface area contributed by atoms with E-state index in [2.05, 4.69) is 9.97 Å². The molecule has 0 unspecified atom stereocenters. The van der Waals surface area contributed by atoms with Gasteiger partial charge in [-0.15, -0.1) is 0 Å². The van der Waals surface area contributed by atoms with Crippen LogP contribution >= 0.6 is 11.6 Å². The molecule has 4 nitrogen and oxygen atoms in total. The minimum absolute atomic E-state index is 0.211. The molecule has 0 saturated heterocycles. The third-order valence-corrected chi connectivity index (χ3v) is 2.46. The van der Waals surface area contributed by atoms with E-state index in [1.165, 1.54) is 0 Å². The summed E-state index contributed by atoms with van der Waals surface area (Å²) >= 11 is 5.80. The lowest BCUT2D eigenvalue weighted by Crippen LogP contribution is -2.14. The van der Waals surface area contributed by atoms with Crippen LogP contribution in [0.25, 0.3) is 11.4 Å². The number of benzene rings is 1. The first-order valence-electron chi connectivity index (χ1n) is 4.97. The van der Waals surface area contributed by atoms with Crippen LogP contribution in [0.3, 0.4) is 0 Å². The molecule has 1 aromatic carbocycles. The fourth-order valence-electron chi connectivity index (χ4n) is 1.42. The Bertz CT molecular complexity index is 566. The summed E-state index contributed by atoms with van der Waals surface area (Å²) in [7, 11) is 0. The van der Waals surface area contributed by atoms with Crippen LogP contribution in [0.15, 0.2) is 30.3 Å². The molecule has 0 atom stereocenters. The van der Waals surface area contributed by atoms with E-state index in [0.29, 0.717) is 16.5 Å². The second kappa shape index (κ2) is 4.51. The third kappa shape index (κ3) is 2.60. The van der Waals surface area contributed by atoms with E-state index >= 15 is 0 Å². The van der Waals surface area contributed by atoms with Gasteiger partial charge in [-0.1, -0.05) is 11.6 Å². The molecule has 0 aliphatic carbocycles. The molecular weight excluding hydrogens is 238 g/mol. The minimum atomic E-state index is -0.564. The number of nitrogens with zero attached hydrogens (tertiary/aromatic N) is 2. The van der Waals surface area contributed by atoms with Crippen molar-refractivity contribution in [2.45, 2.75) is 6.92 Å². The fourth-order valence-corrected chi connectivity index (χ4v) is 1.55. The Hall–Kier alpha value is -1.94. The Morgan fingerprint density at radius 3 is 2.47 bits per heavy atom. The average molecular weight is 248 g/mol. The zero-order chi connectivity index (χ0) is 12.4. The van der Waals surface area contributed by atoms with Crippen LogP contribution in [0.4, 0.5) is 0 Å². The molecule has 0 radical (unpaired) electrons. The molecule has 5 heteroatoms. The van der Waals surface area contributed by atoms with Crippen LogP contribution in [0.1, 0.15) is 16.2 Å². The number of rotatable bonds is 2. The summed E-state index contributed by atoms with van der Waals surface area (Å²) in [5.74, 6) is -0.0961. The van der Waals surface area contributed by atoms with Crippen molar-refractivity contribution in [2.24, 2.45) is 5.73 Å². The van der Waals surface area contributed by atoms with E-state index < -0.39 is 5.91 Å². The van der Waals surface area contributed by atoms with E-state index in [0.717, 1.165) is 5.56 Å². The smallest absolute Gasteiger partial charge is 0.267 e. The highest BCUT2D eigenvalue weighted by atomic mass is 35.5. The van der Waals surface area contributed by atoms with Crippen molar-refractivity contribution in [3.63, 3.8) is 0 Å². The van der Waals surface area contributed by atoms with Crippen LogP contribution in [-0.4, -0.2) is 15.9 Å². The molecule has 0 aliphatic heterocycles. The Kier molecular flexibility index (Phi) is 3.06. The summed E-state index contributed by atoms with van der Waals surface area (Å²) in [6.07, 6.45) is 0. The second-order valence-electron chi connectivity index (χ2n) is 3.59. The average Bonchev–Trinajstić information content (AvgIpc) is 2.29. The maximum absolute atomic E-state index is 11.1. The maximum Gasteiger partial charge on any atom is 0.267 e. The van der Waals surface area contributed by atoms with Gasteiger partial charge < -0.3 is 5.73 Å². The van der Waals surface area contributed by atoms with Gasteiger partial charge in [0.15, 0.2) is 5.82 Å². The van der Waals surface area contributed by atoms with Gasteiger partial charge >= 0.3 is 0 Å². The molecule has 2 rings (SSSR count). The summed E-state index contributed by atoms with van der Waals surface area (Å²) in [6.45, 7) is 1.79. The summed E-state index contributed by atoms with van der Waals surface area (Å²) in [4.78, 5) is 19.5. The molecule has 1 amide bonds. The van der Waals surface area contributed by atoms with Crippen molar-refractivity contribution in [1.82, 2.24) is 9.97 Å². The monoisotopic (exact) mass is 247 g/mol. The Labute approximate surface area is 103 Å². The van der Waals surface area contributed by atoms with E-state index in [1.807, 2.05) is 0 Å². The minimum Gasteiger partial charge on any atom is -0.364 e. The summed E-state index contributed by atoms with van der Waals surface area (Å²) in [5.41, 5.74) is 6.90. The normalized spacial score (nSPS) is 10.2. The highest BCUT2D eigenvalue weighted by molar-refractivity contribution is 6.30. The van der Waals surface area contributed by atoms with Crippen molar-refractivity contribution in [3.05, 3.63) is 46.7 Å². The SMILES string of the molecule is Cc1cc(C(N)=O)nc(-c2ccc(Cl)cc2)n1. The molecule has 1 aromatic heterocycles. The summed E-state index contributed by atoms with van der Waals surface area (Å²) < 4.78 is 0. The lowest BCUT2D eigenvalue weighted by molar-refractivity contribution is 0.0995. The summed E-state index contributed by atoms with van der Waals surface area (Å²) in [5, 5.41) is 0.636. The number of carbonyl (C=O) groups excluding carboxylic acids is 1. The van der Waals surface area contributed by atoms with Gasteiger partial charge in [-0.2, -0.15) is 0 Å². The van der Waals surface area contributed by atoms with E-state index in [-0.39, 0.29) is 5.69 Å². The number of halogens is 1. The first kappa shape index (κ1) is 11.5. The number of nitrogens with two attached hydrogens (primary N) is 1. The molecule has 0 fully saturated rings. The van der Waals surface area contributed by atoms with Crippen molar-refractivity contribution >= 4 is 17.5 Å². The van der Waals surface area contributed by atoms with Crippen LogP contribution in [-0.2, 0) is 0 Å². The fraction of sp³-hybridized carbons (Fsp3) is 0.0833. The quantitative estimate of drug-likeness (QED) is 0.885. The van der Waals surface area contributed by atoms with Gasteiger partial charge in [-0.25, -0.2) is 9.97 Å². The maximum atomic E-state index is 11.1.